The van der Waals surface area contributed by atoms with Crippen molar-refractivity contribution in [1.82, 2.24) is 9.61 Å². The molecule has 0 saturated heterocycles. The Morgan fingerprint density at radius 1 is 1.55 bits per heavy atom. The molecule has 0 fully saturated rings. The number of pyridine rings is 1. The van der Waals surface area contributed by atoms with Crippen LogP contribution >= 0.6 is 0 Å². The molecule has 2 rings (SSSR count). The van der Waals surface area contributed by atoms with Gasteiger partial charge in [0, 0.05) is 32.7 Å². The Balaban J connectivity index is 0.000000605. The monoisotopic (exact) mass is 220 g/mol. The third-order valence-corrected chi connectivity index (χ3v) is 1.44. The summed E-state index contributed by atoms with van der Waals surface area (Å²) in [4.78, 5) is 0. The summed E-state index contributed by atoms with van der Waals surface area (Å²) < 4.78 is 1.81. The van der Waals surface area contributed by atoms with E-state index in [1.54, 1.807) is 6.20 Å². The second kappa shape index (κ2) is 3.46. The van der Waals surface area contributed by atoms with Gasteiger partial charge in [-0.05, 0) is 17.9 Å². The minimum absolute atomic E-state index is 0. The standard InChI is InChI=1S/C8H7N2.Y/c1-7-2-3-8-4-5-9-10(8)6-7;/h2,4-6H,1H3;/q-1;. The van der Waals surface area contributed by atoms with Crippen molar-refractivity contribution in [3.63, 3.8) is 0 Å². The van der Waals surface area contributed by atoms with Crippen molar-refractivity contribution >= 4 is 5.52 Å². The average molecular weight is 220 g/mol. The zero-order chi connectivity index (χ0) is 6.97. The number of aromatic nitrogens is 2. The van der Waals surface area contributed by atoms with Gasteiger partial charge in [-0.25, -0.2) is 0 Å². The fraction of sp³-hybridized carbons (Fsp3) is 0.125. The Morgan fingerprint density at radius 2 is 2.36 bits per heavy atom. The topological polar surface area (TPSA) is 17.3 Å². The Labute approximate surface area is 90.5 Å². The minimum Gasteiger partial charge on any atom is -0.279 e. The van der Waals surface area contributed by atoms with Gasteiger partial charge in [0.1, 0.15) is 0 Å². The average Bonchev–Trinajstić information content (AvgIpc) is 2.33. The first-order chi connectivity index (χ1) is 4.86. The summed E-state index contributed by atoms with van der Waals surface area (Å²) in [5.41, 5.74) is 2.20. The first-order valence-corrected chi connectivity index (χ1v) is 3.18. The molecule has 0 N–H and O–H groups in total. The normalized spacial score (nSPS) is 9.55. The van der Waals surface area contributed by atoms with E-state index in [9.17, 15) is 0 Å². The van der Waals surface area contributed by atoms with Gasteiger partial charge in [0.25, 0.3) is 0 Å². The summed E-state index contributed by atoms with van der Waals surface area (Å²) in [7, 11) is 0. The minimum atomic E-state index is 0. The predicted octanol–water partition coefficient (Wildman–Crippen LogP) is 1.44. The number of nitrogens with zero attached hydrogens (tertiary/aromatic N) is 2. The van der Waals surface area contributed by atoms with E-state index < -0.39 is 0 Å². The molecule has 2 nitrogen and oxygen atoms in total. The van der Waals surface area contributed by atoms with E-state index in [4.69, 9.17) is 0 Å². The SMILES string of the molecule is Cc1c[c-]c2ccnn2c1.[Y]. The molecular weight excluding hydrogens is 213 g/mol. The second-order valence-corrected chi connectivity index (χ2v) is 2.32. The van der Waals surface area contributed by atoms with Crippen LogP contribution in [-0.2, 0) is 32.7 Å². The summed E-state index contributed by atoms with van der Waals surface area (Å²) in [5, 5.41) is 4.06. The van der Waals surface area contributed by atoms with Gasteiger partial charge in [-0.1, -0.05) is 6.92 Å². The maximum Gasteiger partial charge on any atom is 0 e. The van der Waals surface area contributed by atoms with Crippen LogP contribution in [0.4, 0.5) is 0 Å². The van der Waals surface area contributed by atoms with Gasteiger partial charge in [0.2, 0.25) is 0 Å². The Morgan fingerprint density at radius 3 is 3.18 bits per heavy atom. The summed E-state index contributed by atoms with van der Waals surface area (Å²) >= 11 is 0. The third-order valence-electron chi connectivity index (χ3n) is 1.44. The molecule has 2 aromatic heterocycles. The van der Waals surface area contributed by atoms with Gasteiger partial charge in [-0.15, -0.1) is 11.6 Å². The molecule has 0 amide bonds. The molecule has 0 aliphatic heterocycles. The number of rotatable bonds is 0. The fourth-order valence-electron chi connectivity index (χ4n) is 0.949. The van der Waals surface area contributed by atoms with Crippen LogP contribution in [0.15, 0.2) is 24.5 Å². The van der Waals surface area contributed by atoms with Crippen LogP contribution < -0.4 is 0 Å². The molecule has 2 heterocycles. The maximum absolute atomic E-state index is 4.06. The first-order valence-electron chi connectivity index (χ1n) is 3.18. The van der Waals surface area contributed by atoms with E-state index in [0.717, 1.165) is 5.52 Å². The molecule has 1 radical (unpaired) electrons. The van der Waals surface area contributed by atoms with E-state index in [0.29, 0.717) is 0 Å². The quantitative estimate of drug-likeness (QED) is 0.614. The summed E-state index contributed by atoms with van der Waals surface area (Å²) in [6.07, 6.45) is 3.75. The van der Waals surface area contributed by atoms with Crippen LogP contribution in [0, 0.1) is 13.0 Å². The van der Waals surface area contributed by atoms with Crippen LogP contribution in [0.3, 0.4) is 0 Å². The van der Waals surface area contributed by atoms with Crippen LogP contribution in [-0.4, -0.2) is 9.61 Å². The molecule has 53 valence electrons. The van der Waals surface area contributed by atoms with Crippen molar-refractivity contribution in [3.05, 3.63) is 36.2 Å². The van der Waals surface area contributed by atoms with E-state index in [2.05, 4.69) is 11.2 Å². The van der Waals surface area contributed by atoms with E-state index in [1.165, 1.54) is 5.56 Å². The van der Waals surface area contributed by atoms with Crippen molar-refractivity contribution < 1.29 is 32.7 Å². The molecule has 0 bridgehead atoms. The number of aryl methyl sites for hydroxylation is 1. The van der Waals surface area contributed by atoms with E-state index >= 15 is 0 Å². The smallest absolute Gasteiger partial charge is 0 e. The molecule has 0 aromatic carbocycles. The van der Waals surface area contributed by atoms with Crippen molar-refractivity contribution in [2.24, 2.45) is 0 Å². The second-order valence-electron chi connectivity index (χ2n) is 2.32. The van der Waals surface area contributed by atoms with Crippen LogP contribution in [0.2, 0.25) is 0 Å². The Bertz CT molecular complexity index is 354. The van der Waals surface area contributed by atoms with Gasteiger partial charge in [0.05, 0.1) is 0 Å². The van der Waals surface area contributed by atoms with E-state index in [1.807, 2.05) is 29.8 Å². The van der Waals surface area contributed by atoms with Gasteiger partial charge in [0.15, 0.2) is 0 Å². The maximum atomic E-state index is 4.06. The number of hydrogen-bond acceptors (Lipinski definition) is 1. The predicted molar refractivity (Wildman–Crippen MR) is 38.8 cm³/mol. The van der Waals surface area contributed by atoms with Gasteiger partial charge in [-0.2, -0.15) is 17.2 Å². The first kappa shape index (κ1) is 8.89. The molecule has 0 aliphatic carbocycles. The summed E-state index contributed by atoms with van der Waals surface area (Å²) in [5.74, 6) is 0. The number of hydrogen-bond donors (Lipinski definition) is 0. The molecule has 2 aromatic rings. The zero-order valence-corrected chi connectivity index (χ0v) is 9.12. The summed E-state index contributed by atoms with van der Waals surface area (Å²) in [6, 6.07) is 6.98. The Hall–Kier alpha value is -0.206. The fourth-order valence-corrected chi connectivity index (χ4v) is 0.949. The van der Waals surface area contributed by atoms with Crippen molar-refractivity contribution in [2.45, 2.75) is 6.92 Å². The van der Waals surface area contributed by atoms with E-state index in [-0.39, 0.29) is 32.7 Å². The molecule has 0 atom stereocenters. The molecular formula is C8H7N2Y-. The van der Waals surface area contributed by atoms with Crippen LogP contribution in [0.5, 0.6) is 0 Å². The van der Waals surface area contributed by atoms with Crippen LogP contribution in [0.25, 0.3) is 5.52 Å². The molecule has 0 spiro atoms. The largest absolute Gasteiger partial charge is 0.279 e. The molecule has 0 aliphatic rings. The molecule has 3 heteroatoms. The third kappa shape index (κ3) is 1.68. The Kier molecular flexibility index (Phi) is 2.80. The zero-order valence-electron chi connectivity index (χ0n) is 6.28. The molecule has 0 unspecified atom stereocenters. The van der Waals surface area contributed by atoms with Gasteiger partial charge in [-0.3, -0.25) is 4.52 Å². The number of fused-ring (bicyclic) bond motifs is 1. The van der Waals surface area contributed by atoms with Crippen molar-refractivity contribution in [1.29, 1.82) is 0 Å². The summed E-state index contributed by atoms with van der Waals surface area (Å²) in [6.45, 7) is 2.03. The van der Waals surface area contributed by atoms with Gasteiger partial charge < -0.3 is 0 Å². The van der Waals surface area contributed by atoms with Crippen molar-refractivity contribution in [3.8, 4) is 0 Å². The van der Waals surface area contributed by atoms with Crippen LogP contribution in [0.1, 0.15) is 5.56 Å². The molecule has 0 saturated carbocycles. The van der Waals surface area contributed by atoms with Crippen molar-refractivity contribution in [2.75, 3.05) is 0 Å². The van der Waals surface area contributed by atoms with Gasteiger partial charge >= 0.3 is 0 Å². The molecule has 11 heavy (non-hydrogen) atoms.